The van der Waals surface area contributed by atoms with Gasteiger partial charge in [-0.25, -0.2) is 0 Å². The standard InChI is InChI=1S/C17H23NO/c1-4-5-6-9-19-17-13(2)10-15(11-14(17)3)12-18-16-7-8-16/h1,10-11,16,18H,5-9,12H2,2-3H3. The molecule has 0 heterocycles. The van der Waals surface area contributed by atoms with Gasteiger partial charge in [-0.2, -0.15) is 0 Å². The summed E-state index contributed by atoms with van der Waals surface area (Å²) in [5.41, 5.74) is 3.78. The van der Waals surface area contributed by atoms with Crippen LogP contribution in [0.3, 0.4) is 0 Å². The van der Waals surface area contributed by atoms with Crippen LogP contribution in [0, 0.1) is 26.2 Å². The molecule has 1 aliphatic rings. The second-order valence-corrected chi connectivity index (χ2v) is 5.37. The first kappa shape index (κ1) is 14.0. The molecule has 1 aromatic carbocycles. The van der Waals surface area contributed by atoms with E-state index in [0.29, 0.717) is 6.61 Å². The van der Waals surface area contributed by atoms with Gasteiger partial charge in [0, 0.05) is 19.0 Å². The van der Waals surface area contributed by atoms with Crippen molar-refractivity contribution in [2.75, 3.05) is 6.61 Å². The summed E-state index contributed by atoms with van der Waals surface area (Å²) in [6, 6.07) is 5.19. The summed E-state index contributed by atoms with van der Waals surface area (Å²) in [6.45, 7) is 5.89. The van der Waals surface area contributed by atoms with E-state index in [9.17, 15) is 0 Å². The fraction of sp³-hybridized carbons (Fsp3) is 0.529. The number of aryl methyl sites for hydroxylation is 2. The largest absolute Gasteiger partial charge is 0.493 e. The lowest BCUT2D eigenvalue weighted by atomic mass is 10.1. The van der Waals surface area contributed by atoms with E-state index in [-0.39, 0.29) is 0 Å². The number of benzene rings is 1. The lowest BCUT2D eigenvalue weighted by Gasteiger charge is -2.14. The van der Waals surface area contributed by atoms with E-state index in [1.165, 1.54) is 29.5 Å². The average molecular weight is 257 g/mol. The first-order valence-corrected chi connectivity index (χ1v) is 7.10. The zero-order valence-electron chi connectivity index (χ0n) is 12.0. The van der Waals surface area contributed by atoms with Gasteiger partial charge in [-0.05, 0) is 49.8 Å². The van der Waals surface area contributed by atoms with E-state index in [1.54, 1.807) is 0 Å². The van der Waals surface area contributed by atoms with Gasteiger partial charge in [-0.15, -0.1) is 12.3 Å². The monoisotopic (exact) mass is 257 g/mol. The maximum atomic E-state index is 5.85. The molecule has 0 aromatic heterocycles. The number of hydrogen-bond donors (Lipinski definition) is 1. The maximum absolute atomic E-state index is 5.85. The molecule has 0 radical (unpaired) electrons. The second-order valence-electron chi connectivity index (χ2n) is 5.37. The quantitative estimate of drug-likeness (QED) is 0.597. The molecule has 1 saturated carbocycles. The molecule has 1 aromatic rings. The van der Waals surface area contributed by atoms with E-state index >= 15 is 0 Å². The Morgan fingerprint density at radius 2 is 2.00 bits per heavy atom. The molecule has 1 N–H and O–H groups in total. The second kappa shape index (κ2) is 6.63. The van der Waals surface area contributed by atoms with Gasteiger partial charge in [0.2, 0.25) is 0 Å². The predicted molar refractivity (Wildman–Crippen MR) is 79.3 cm³/mol. The zero-order valence-corrected chi connectivity index (χ0v) is 12.0. The zero-order chi connectivity index (χ0) is 13.7. The molecule has 2 heteroatoms. The Kier molecular flexibility index (Phi) is 4.87. The van der Waals surface area contributed by atoms with Crippen molar-refractivity contribution >= 4 is 0 Å². The van der Waals surface area contributed by atoms with Crippen LogP contribution in [0.4, 0.5) is 0 Å². The molecule has 0 bridgehead atoms. The maximum Gasteiger partial charge on any atom is 0.125 e. The molecule has 0 atom stereocenters. The van der Waals surface area contributed by atoms with Crippen molar-refractivity contribution in [1.82, 2.24) is 5.32 Å². The fourth-order valence-corrected chi connectivity index (χ4v) is 2.27. The number of ether oxygens (including phenoxy) is 1. The third-order valence-corrected chi connectivity index (χ3v) is 3.40. The van der Waals surface area contributed by atoms with Gasteiger partial charge in [0.15, 0.2) is 0 Å². The van der Waals surface area contributed by atoms with Gasteiger partial charge in [0.25, 0.3) is 0 Å². The minimum Gasteiger partial charge on any atom is -0.493 e. The Bertz CT molecular complexity index is 446. The summed E-state index contributed by atoms with van der Waals surface area (Å²) < 4.78 is 5.85. The highest BCUT2D eigenvalue weighted by Gasteiger charge is 2.20. The molecule has 2 rings (SSSR count). The Hall–Kier alpha value is -1.46. The summed E-state index contributed by atoms with van der Waals surface area (Å²) in [5.74, 6) is 3.66. The van der Waals surface area contributed by atoms with Crippen molar-refractivity contribution in [3.63, 3.8) is 0 Å². The van der Waals surface area contributed by atoms with Crippen molar-refractivity contribution < 1.29 is 4.74 Å². The summed E-state index contributed by atoms with van der Waals surface area (Å²) in [7, 11) is 0. The van der Waals surface area contributed by atoms with E-state index in [2.05, 4.69) is 37.2 Å². The molecule has 1 fully saturated rings. The third kappa shape index (κ3) is 4.29. The van der Waals surface area contributed by atoms with Crippen LogP contribution in [-0.4, -0.2) is 12.6 Å². The minimum absolute atomic E-state index is 0.700. The van der Waals surface area contributed by atoms with Gasteiger partial charge in [-0.1, -0.05) is 12.1 Å². The average Bonchev–Trinajstić information content (AvgIpc) is 3.18. The van der Waals surface area contributed by atoms with E-state index in [4.69, 9.17) is 11.2 Å². The van der Waals surface area contributed by atoms with Crippen LogP contribution < -0.4 is 10.1 Å². The van der Waals surface area contributed by atoms with Crippen LogP contribution in [0.5, 0.6) is 5.75 Å². The lowest BCUT2D eigenvalue weighted by molar-refractivity contribution is 0.308. The van der Waals surface area contributed by atoms with Crippen molar-refractivity contribution in [1.29, 1.82) is 0 Å². The Morgan fingerprint density at radius 1 is 1.32 bits per heavy atom. The number of unbranched alkanes of at least 4 members (excludes halogenated alkanes) is 1. The normalized spacial score (nSPS) is 14.2. The predicted octanol–water partition coefficient (Wildman–Crippen LogP) is 3.35. The van der Waals surface area contributed by atoms with Crippen LogP contribution >= 0.6 is 0 Å². The third-order valence-electron chi connectivity index (χ3n) is 3.40. The van der Waals surface area contributed by atoms with E-state index in [0.717, 1.165) is 31.2 Å². The molecule has 0 saturated heterocycles. The number of rotatable bonds is 7. The highest BCUT2D eigenvalue weighted by atomic mass is 16.5. The van der Waals surface area contributed by atoms with Crippen LogP contribution in [0.1, 0.15) is 42.4 Å². The van der Waals surface area contributed by atoms with E-state index < -0.39 is 0 Å². The van der Waals surface area contributed by atoms with Crippen LogP contribution in [0.2, 0.25) is 0 Å². The summed E-state index contributed by atoms with van der Waals surface area (Å²) in [4.78, 5) is 0. The smallest absolute Gasteiger partial charge is 0.125 e. The molecule has 102 valence electrons. The highest BCUT2D eigenvalue weighted by Crippen LogP contribution is 2.26. The van der Waals surface area contributed by atoms with Crippen LogP contribution in [0.15, 0.2) is 12.1 Å². The minimum atomic E-state index is 0.700. The van der Waals surface area contributed by atoms with Crippen LogP contribution in [0.25, 0.3) is 0 Å². The van der Waals surface area contributed by atoms with E-state index in [1.807, 2.05) is 0 Å². The number of hydrogen-bond acceptors (Lipinski definition) is 2. The number of terminal acetylenes is 1. The Morgan fingerprint density at radius 3 is 2.58 bits per heavy atom. The molecule has 0 aliphatic heterocycles. The number of nitrogens with one attached hydrogen (secondary N) is 1. The van der Waals surface area contributed by atoms with Crippen molar-refractivity contribution in [3.05, 3.63) is 28.8 Å². The topological polar surface area (TPSA) is 21.3 Å². The van der Waals surface area contributed by atoms with Gasteiger partial charge < -0.3 is 10.1 Å². The fourth-order valence-electron chi connectivity index (χ4n) is 2.27. The first-order chi connectivity index (χ1) is 9.20. The molecule has 0 unspecified atom stereocenters. The molecule has 1 aliphatic carbocycles. The first-order valence-electron chi connectivity index (χ1n) is 7.10. The molecule has 0 spiro atoms. The van der Waals surface area contributed by atoms with Gasteiger partial charge in [0.1, 0.15) is 5.75 Å². The van der Waals surface area contributed by atoms with Crippen molar-refractivity contribution in [2.24, 2.45) is 0 Å². The molecular weight excluding hydrogens is 234 g/mol. The SMILES string of the molecule is C#CCCCOc1c(C)cc(CNC2CC2)cc1C. The molecule has 19 heavy (non-hydrogen) atoms. The van der Waals surface area contributed by atoms with Crippen molar-refractivity contribution in [3.8, 4) is 18.1 Å². The highest BCUT2D eigenvalue weighted by molar-refractivity contribution is 5.43. The lowest BCUT2D eigenvalue weighted by Crippen LogP contribution is -2.15. The van der Waals surface area contributed by atoms with Gasteiger partial charge in [0.05, 0.1) is 6.61 Å². The van der Waals surface area contributed by atoms with Gasteiger partial charge >= 0.3 is 0 Å². The van der Waals surface area contributed by atoms with Crippen molar-refractivity contribution in [2.45, 2.75) is 52.1 Å². The molecule has 0 amide bonds. The summed E-state index contributed by atoms with van der Waals surface area (Å²) in [5, 5.41) is 3.54. The summed E-state index contributed by atoms with van der Waals surface area (Å²) >= 11 is 0. The molecule has 2 nitrogen and oxygen atoms in total. The Labute approximate surface area is 116 Å². The van der Waals surface area contributed by atoms with Gasteiger partial charge in [-0.3, -0.25) is 0 Å². The Balaban J connectivity index is 1.93. The molecular formula is C17H23NO. The van der Waals surface area contributed by atoms with Crippen LogP contribution in [-0.2, 0) is 6.54 Å². The summed E-state index contributed by atoms with van der Waals surface area (Å²) in [6.07, 6.45) is 9.59.